The van der Waals surface area contributed by atoms with Crippen LogP contribution in [0.1, 0.15) is 12.0 Å². The summed E-state index contributed by atoms with van der Waals surface area (Å²) < 4.78 is 5.21. The van der Waals surface area contributed by atoms with Gasteiger partial charge in [-0.15, -0.1) is 0 Å². The fourth-order valence-corrected chi connectivity index (χ4v) is 2.91. The highest BCUT2D eigenvalue weighted by Crippen LogP contribution is 2.24. The molecule has 0 radical (unpaired) electrons. The number of nitrogens with zero attached hydrogens (tertiary/aromatic N) is 1. The Kier molecular flexibility index (Phi) is 4.93. The molecule has 0 aliphatic carbocycles. The monoisotopic (exact) mass is 310 g/mol. The van der Waals surface area contributed by atoms with Crippen molar-refractivity contribution in [1.29, 1.82) is 0 Å². The molecule has 1 saturated heterocycles. The lowest BCUT2D eigenvalue weighted by molar-refractivity contribution is -0.122. The average Bonchev–Trinajstić information content (AvgIpc) is 3.15. The molecule has 1 amide bonds. The number of amides is 1. The van der Waals surface area contributed by atoms with Crippen LogP contribution >= 0.6 is 0 Å². The van der Waals surface area contributed by atoms with Gasteiger partial charge in [-0.2, -0.15) is 0 Å². The summed E-state index contributed by atoms with van der Waals surface area (Å²) >= 11 is 0. The van der Waals surface area contributed by atoms with Crippen molar-refractivity contribution >= 4 is 11.6 Å². The number of hydrogen-bond donors (Lipinski definition) is 1. The average molecular weight is 310 g/mol. The molecule has 1 atom stereocenters. The van der Waals surface area contributed by atoms with Gasteiger partial charge in [-0.25, -0.2) is 0 Å². The Hall–Kier alpha value is -2.33. The van der Waals surface area contributed by atoms with Crippen LogP contribution < -0.4 is 15.0 Å². The minimum atomic E-state index is 0.0563. The molecule has 3 rings (SSSR count). The van der Waals surface area contributed by atoms with E-state index in [1.807, 2.05) is 47.4 Å². The van der Waals surface area contributed by atoms with Crippen molar-refractivity contribution in [1.82, 2.24) is 5.32 Å². The van der Waals surface area contributed by atoms with Gasteiger partial charge < -0.3 is 15.0 Å². The van der Waals surface area contributed by atoms with Crippen molar-refractivity contribution in [2.45, 2.75) is 13.0 Å². The van der Waals surface area contributed by atoms with Gasteiger partial charge in [-0.3, -0.25) is 4.79 Å². The molecule has 23 heavy (non-hydrogen) atoms. The molecule has 120 valence electrons. The first kappa shape index (κ1) is 15.6. The van der Waals surface area contributed by atoms with Crippen molar-refractivity contribution in [3.63, 3.8) is 0 Å². The smallest absolute Gasteiger partial charge is 0.231 e. The molecule has 0 saturated carbocycles. The van der Waals surface area contributed by atoms with Crippen LogP contribution in [0.4, 0.5) is 5.69 Å². The molecule has 1 fully saturated rings. The summed E-state index contributed by atoms with van der Waals surface area (Å²) in [5.41, 5.74) is 2.04. The minimum Gasteiger partial charge on any atom is -0.497 e. The van der Waals surface area contributed by atoms with Gasteiger partial charge in [0.25, 0.3) is 0 Å². The highest BCUT2D eigenvalue weighted by Gasteiger charge is 2.28. The second-order valence-electron chi connectivity index (χ2n) is 5.80. The lowest BCUT2D eigenvalue weighted by Crippen LogP contribution is -2.36. The molecule has 2 aromatic carbocycles. The number of nitrogens with one attached hydrogen (secondary N) is 1. The van der Waals surface area contributed by atoms with Gasteiger partial charge in [-0.05, 0) is 42.8 Å². The summed E-state index contributed by atoms with van der Waals surface area (Å²) in [6, 6.07) is 17.8. The highest BCUT2D eigenvalue weighted by molar-refractivity contribution is 5.95. The van der Waals surface area contributed by atoms with Crippen LogP contribution in [0.3, 0.4) is 0 Å². The van der Waals surface area contributed by atoms with Crippen LogP contribution in [0.15, 0.2) is 54.6 Å². The van der Waals surface area contributed by atoms with E-state index in [1.54, 1.807) is 7.11 Å². The van der Waals surface area contributed by atoms with Gasteiger partial charge in [0, 0.05) is 12.2 Å². The summed E-state index contributed by atoms with van der Waals surface area (Å²) in [5.74, 6) is 1.04. The lowest BCUT2D eigenvalue weighted by Gasteiger charge is -2.26. The van der Waals surface area contributed by atoms with Crippen LogP contribution in [0.25, 0.3) is 0 Å². The fourth-order valence-electron chi connectivity index (χ4n) is 2.91. The van der Waals surface area contributed by atoms with Crippen LogP contribution in [-0.2, 0) is 11.3 Å². The summed E-state index contributed by atoms with van der Waals surface area (Å²) in [7, 11) is 1.64. The molecule has 1 heterocycles. The summed E-state index contributed by atoms with van der Waals surface area (Å²) in [4.78, 5) is 14.8. The van der Waals surface area contributed by atoms with Crippen molar-refractivity contribution in [2.24, 2.45) is 5.92 Å². The molecule has 2 aromatic rings. The van der Waals surface area contributed by atoms with Crippen LogP contribution in [0, 0.1) is 5.92 Å². The Morgan fingerprint density at radius 2 is 1.91 bits per heavy atom. The zero-order chi connectivity index (χ0) is 16.1. The Labute approximate surface area is 137 Å². The molecule has 0 spiro atoms. The fraction of sp³-hybridized carbons (Fsp3) is 0.316. The van der Waals surface area contributed by atoms with Gasteiger partial charge in [0.05, 0.1) is 19.6 Å². The number of ether oxygens (including phenoxy) is 1. The Balaban J connectivity index is 1.86. The molecule has 0 aromatic heterocycles. The third-order valence-corrected chi connectivity index (χ3v) is 4.24. The Morgan fingerprint density at radius 3 is 2.52 bits per heavy atom. The van der Waals surface area contributed by atoms with E-state index in [9.17, 15) is 4.79 Å². The molecule has 1 unspecified atom stereocenters. The Bertz CT molecular complexity index is 634. The van der Waals surface area contributed by atoms with E-state index in [-0.39, 0.29) is 11.8 Å². The van der Waals surface area contributed by atoms with Gasteiger partial charge in [0.1, 0.15) is 5.75 Å². The van der Waals surface area contributed by atoms with Crippen molar-refractivity contribution in [2.75, 3.05) is 25.1 Å². The molecular formula is C19H22N2O2. The van der Waals surface area contributed by atoms with Crippen molar-refractivity contribution in [3.8, 4) is 5.75 Å². The lowest BCUT2D eigenvalue weighted by atomic mass is 10.1. The van der Waals surface area contributed by atoms with Crippen molar-refractivity contribution < 1.29 is 9.53 Å². The van der Waals surface area contributed by atoms with E-state index in [0.717, 1.165) is 36.5 Å². The molecule has 1 aliphatic rings. The molecule has 1 N–H and O–H groups in total. The topological polar surface area (TPSA) is 41.6 Å². The first-order valence-electron chi connectivity index (χ1n) is 7.98. The zero-order valence-electron chi connectivity index (χ0n) is 13.4. The molecule has 4 nitrogen and oxygen atoms in total. The minimum absolute atomic E-state index is 0.0563. The van der Waals surface area contributed by atoms with Crippen LogP contribution in [0.5, 0.6) is 5.75 Å². The van der Waals surface area contributed by atoms with E-state index in [2.05, 4.69) is 17.4 Å². The molecule has 0 bridgehead atoms. The number of benzene rings is 2. The third-order valence-electron chi connectivity index (χ3n) is 4.24. The normalized spacial score (nSPS) is 17.0. The second kappa shape index (κ2) is 7.29. The predicted molar refractivity (Wildman–Crippen MR) is 91.6 cm³/mol. The number of hydrogen-bond acceptors (Lipinski definition) is 3. The van der Waals surface area contributed by atoms with Gasteiger partial charge in [0.2, 0.25) is 5.91 Å². The molecule has 4 heteroatoms. The van der Waals surface area contributed by atoms with Crippen LogP contribution in [0.2, 0.25) is 0 Å². The van der Waals surface area contributed by atoms with Crippen molar-refractivity contribution in [3.05, 3.63) is 60.2 Å². The Morgan fingerprint density at radius 1 is 1.17 bits per heavy atom. The van der Waals surface area contributed by atoms with Crippen LogP contribution in [-0.4, -0.2) is 26.1 Å². The van der Waals surface area contributed by atoms with E-state index in [0.29, 0.717) is 6.54 Å². The summed E-state index contributed by atoms with van der Waals surface area (Å²) in [5, 5.41) is 3.27. The summed E-state index contributed by atoms with van der Waals surface area (Å²) in [6.45, 7) is 2.26. The SMILES string of the molecule is COc1ccc(N(Cc2ccccc2)C(=O)C2CCNC2)cc1. The van der Waals surface area contributed by atoms with E-state index in [1.165, 1.54) is 0 Å². The van der Waals surface area contributed by atoms with Gasteiger partial charge in [0.15, 0.2) is 0 Å². The van der Waals surface area contributed by atoms with Gasteiger partial charge in [-0.1, -0.05) is 30.3 Å². The largest absolute Gasteiger partial charge is 0.497 e. The maximum absolute atomic E-state index is 13.0. The predicted octanol–water partition coefficient (Wildman–Crippen LogP) is 2.84. The number of anilines is 1. The highest BCUT2D eigenvalue weighted by atomic mass is 16.5. The maximum Gasteiger partial charge on any atom is 0.231 e. The van der Waals surface area contributed by atoms with E-state index >= 15 is 0 Å². The maximum atomic E-state index is 13.0. The first-order chi connectivity index (χ1) is 11.3. The molecule has 1 aliphatic heterocycles. The number of carbonyl (C=O) groups excluding carboxylic acids is 1. The number of carbonyl (C=O) groups is 1. The number of methoxy groups -OCH3 is 1. The standard InChI is InChI=1S/C19H22N2O2/c1-23-18-9-7-17(8-10-18)21(14-15-5-3-2-4-6-15)19(22)16-11-12-20-13-16/h2-10,16,20H,11-14H2,1H3. The first-order valence-corrected chi connectivity index (χ1v) is 7.98. The van der Waals surface area contributed by atoms with Gasteiger partial charge >= 0.3 is 0 Å². The zero-order valence-corrected chi connectivity index (χ0v) is 13.4. The molecular weight excluding hydrogens is 288 g/mol. The van der Waals surface area contributed by atoms with E-state index < -0.39 is 0 Å². The quantitative estimate of drug-likeness (QED) is 0.923. The second-order valence-corrected chi connectivity index (χ2v) is 5.80. The summed E-state index contributed by atoms with van der Waals surface area (Å²) in [6.07, 6.45) is 0.903. The van der Waals surface area contributed by atoms with E-state index in [4.69, 9.17) is 4.74 Å². The number of rotatable bonds is 5. The third kappa shape index (κ3) is 3.71.